The molecule has 0 aromatic heterocycles. The Balaban J connectivity index is 1.62. The van der Waals surface area contributed by atoms with Crippen LogP contribution in [0, 0.1) is 29.1 Å². The van der Waals surface area contributed by atoms with E-state index in [-0.39, 0.29) is 12.2 Å². The predicted octanol–water partition coefficient (Wildman–Crippen LogP) is 5.14. The lowest BCUT2D eigenvalue weighted by atomic mass is 9.68. The average Bonchev–Trinajstić information content (AvgIpc) is 2.53. The van der Waals surface area contributed by atoms with Crippen molar-refractivity contribution in [3.63, 3.8) is 0 Å². The number of rotatable bonds is 4. The van der Waals surface area contributed by atoms with E-state index in [0.29, 0.717) is 12.3 Å². The zero-order valence-corrected chi connectivity index (χ0v) is 15.3. The van der Waals surface area contributed by atoms with Gasteiger partial charge in [0.15, 0.2) is 5.79 Å². The highest BCUT2D eigenvalue weighted by Crippen LogP contribution is 2.43. The smallest absolute Gasteiger partial charge is 0.163 e. The van der Waals surface area contributed by atoms with Crippen LogP contribution in [-0.4, -0.2) is 18.0 Å². The molecule has 5 unspecified atom stereocenters. The van der Waals surface area contributed by atoms with Crippen molar-refractivity contribution in [2.45, 2.75) is 83.7 Å². The van der Waals surface area contributed by atoms with E-state index in [9.17, 15) is 0 Å². The molecule has 0 spiro atoms. The summed E-state index contributed by atoms with van der Waals surface area (Å²) in [6.45, 7) is 6.30. The normalized spacial score (nSPS) is 38.1. The molecule has 1 fully saturated rings. The highest BCUT2D eigenvalue weighted by atomic mass is 16.7. The number of hydrogen-bond donors (Lipinski definition) is 0. The lowest BCUT2D eigenvalue weighted by Crippen LogP contribution is -2.44. The van der Waals surface area contributed by atoms with Gasteiger partial charge in [-0.25, -0.2) is 0 Å². The van der Waals surface area contributed by atoms with Crippen molar-refractivity contribution < 1.29 is 9.47 Å². The van der Waals surface area contributed by atoms with E-state index in [0.717, 1.165) is 24.7 Å². The summed E-state index contributed by atoms with van der Waals surface area (Å²) in [5, 5.41) is 8.99. The standard InChI is InChI=1S/C21H31NO2/c1-15-8-9-16-6-4-5-7-20(16)19(15)11-10-17-14-18(12-13-22)24-21(2,3)23-17/h6,8-9,15,17-20H,4-5,7,10-12,14H2,1-3H3. The van der Waals surface area contributed by atoms with Gasteiger partial charge in [-0.3, -0.25) is 0 Å². The maximum Gasteiger partial charge on any atom is 0.163 e. The molecule has 3 aliphatic rings. The van der Waals surface area contributed by atoms with Gasteiger partial charge in [-0.1, -0.05) is 25.2 Å². The minimum Gasteiger partial charge on any atom is -0.347 e. The molecule has 1 heterocycles. The van der Waals surface area contributed by atoms with Crippen LogP contribution in [0.25, 0.3) is 0 Å². The van der Waals surface area contributed by atoms with Crippen molar-refractivity contribution in [3.8, 4) is 6.07 Å². The van der Waals surface area contributed by atoms with E-state index in [2.05, 4.69) is 31.2 Å². The fourth-order valence-corrected chi connectivity index (χ4v) is 4.82. The van der Waals surface area contributed by atoms with E-state index in [1.54, 1.807) is 5.57 Å². The van der Waals surface area contributed by atoms with Crippen LogP contribution in [0.3, 0.4) is 0 Å². The Kier molecular flexibility index (Phi) is 5.47. The fourth-order valence-electron chi connectivity index (χ4n) is 4.82. The molecule has 2 aliphatic carbocycles. The first-order valence-electron chi connectivity index (χ1n) is 9.59. The van der Waals surface area contributed by atoms with E-state index in [1.165, 1.54) is 25.7 Å². The highest BCUT2D eigenvalue weighted by molar-refractivity contribution is 5.28. The van der Waals surface area contributed by atoms with Crippen LogP contribution in [0.5, 0.6) is 0 Å². The van der Waals surface area contributed by atoms with Gasteiger partial charge in [0, 0.05) is 6.42 Å². The molecule has 3 nitrogen and oxygen atoms in total. The summed E-state index contributed by atoms with van der Waals surface area (Å²) in [6, 6.07) is 2.25. The summed E-state index contributed by atoms with van der Waals surface area (Å²) in [6.07, 6.45) is 14.9. The Morgan fingerprint density at radius 3 is 2.83 bits per heavy atom. The average molecular weight is 329 g/mol. The molecule has 1 saturated heterocycles. The van der Waals surface area contributed by atoms with Crippen LogP contribution >= 0.6 is 0 Å². The largest absolute Gasteiger partial charge is 0.347 e. The van der Waals surface area contributed by atoms with Crippen LogP contribution in [0.1, 0.15) is 65.7 Å². The first-order chi connectivity index (χ1) is 11.5. The first-order valence-corrected chi connectivity index (χ1v) is 9.59. The first kappa shape index (κ1) is 17.7. The third kappa shape index (κ3) is 4.10. The molecule has 0 saturated carbocycles. The minimum atomic E-state index is -0.571. The van der Waals surface area contributed by atoms with Crippen LogP contribution in [0.2, 0.25) is 0 Å². The highest BCUT2D eigenvalue weighted by Gasteiger charge is 2.37. The molecule has 3 heteroatoms. The van der Waals surface area contributed by atoms with Gasteiger partial charge >= 0.3 is 0 Å². The van der Waals surface area contributed by atoms with Gasteiger partial charge in [-0.2, -0.15) is 5.26 Å². The van der Waals surface area contributed by atoms with Gasteiger partial charge < -0.3 is 9.47 Å². The number of hydrogen-bond acceptors (Lipinski definition) is 3. The summed E-state index contributed by atoms with van der Waals surface area (Å²) in [4.78, 5) is 0. The molecule has 0 N–H and O–H groups in total. The van der Waals surface area contributed by atoms with Crippen molar-refractivity contribution in [3.05, 3.63) is 23.8 Å². The van der Waals surface area contributed by atoms with Crippen molar-refractivity contribution in [1.29, 1.82) is 5.26 Å². The zero-order chi connectivity index (χ0) is 17.2. The van der Waals surface area contributed by atoms with Crippen LogP contribution in [0.4, 0.5) is 0 Å². The molecule has 0 aromatic rings. The van der Waals surface area contributed by atoms with Crippen LogP contribution in [-0.2, 0) is 9.47 Å². The van der Waals surface area contributed by atoms with Crippen LogP contribution in [0.15, 0.2) is 23.8 Å². The fraction of sp³-hybridized carbons (Fsp3) is 0.762. The molecule has 0 aromatic carbocycles. The monoisotopic (exact) mass is 329 g/mol. The number of ether oxygens (including phenoxy) is 2. The van der Waals surface area contributed by atoms with Gasteiger partial charge in [0.05, 0.1) is 24.7 Å². The summed E-state index contributed by atoms with van der Waals surface area (Å²) < 4.78 is 12.0. The Morgan fingerprint density at radius 1 is 1.25 bits per heavy atom. The molecule has 5 atom stereocenters. The topological polar surface area (TPSA) is 42.2 Å². The summed E-state index contributed by atoms with van der Waals surface area (Å²) in [5.41, 5.74) is 1.57. The Labute approximate surface area is 146 Å². The second-order valence-corrected chi connectivity index (χ2v) is 8.18. The lowest BCUT2D eigenvalue weighted by molar-refractivity contribution is -0.299. The molecule has 3 rings (SSSR count). The number of allylic oxidation sites excluding steroid dienone is 4. The summed E-state index contributed by atoms with van der Waals surface area (Å²) >= 11 is 0. The van der Waals surface area contributed by atoms with Gasteiger partial charge in [0.25, 0.3) is 0 Å². The van der Waals surface area contributed by atoms with E-state index >= 15 is 0 Å². The van der Waals surface area contributed by atoms with Crippen molar-refractivity contribution in [1.82, 2.24) is 0 Å². The Hall–Kier alpha value is -1.11. The molecule has 0 amide bonds. The second kappa shape index (κ2) is 7.42. The molecule has 1 aliphatic heterocycles. The molecule has 0 radical (unpaired) electrons. The van der Waals surface area contributed by atoms with Crippen LogP contribution < -0.4 is 0 Å². The Bertz CT molecular complexity index is 543. The van der Waals surface area contributed by atoms with Crippen molar-refractivity contribution in [2.75, 3.05) is 0 Å². The van der Waals surface area contributed by atoms with Gasteiger partial charge in [0.2, 0.25) is 0 Å². The maximum absolute atomic E-state index is 8.99. The molecule has 0 bridgehead atoms. The Morgan fingerprint density at radius 2 is 2.04 bits per heavy atom. The predicted molar refractivity (Wildman–Crippen MR) is 95.1 cm³/mol. The van der Waals surface area contributed by atoms with E-state index in [1.807, 2.05) is 13.8 Å². The molecule has 132 valence electrons. The second-order valence-electron chi connectivity index (χ2n) is 8.18. The third-order valence-corrected chi connectivity index (χ3v) is 5.88. The SMILES string of the molecule is CC1C=CC2=CCCCC2C1CCC1CC(CC#N)OC(C)(C)O1. The molecule has 24 heavy (non-hydrogen) atoms. The zero-order valence-electron chi connectivity index (χ0n) is 15.3. The van der Waals surface area contributed by atoms with Gasteiger partial charge in [0.1, 0.15) is 0 Å². The summed E-state index contributed by atoms with van der Waals surface area (Å²) in [5.74, 6) is 1.54. The van der Waals surface area contributed by atoms with Gasteiger partial charge in [-0.05, 0) is 69.3 Å². The van der Waals surface area contributed by atoms with E-state index in [4.69, 9.17) is 14.7 Å². The van der Waals surface area contributed by atoms with Gasteiger partial charge in [-0.15, -0.1) is 0 Å². The summed E-state index contributed by atoms with van der Waals surface area (Å²) in [7, 11) is 0. The number of nitriles is 1. The minimum absolute atomic E-state index is 0.0116. The van der Waals surface area contributed by atoms with E-state index < -0.39 is 5.79 Å². The molecular formula is C21H31NO2. The van der Waals surface area contributed by atoms with Crippen molar-refractivity contribution >= 4 is 0 Å². The molecular weight excluding hydrogens is 298 g/mol. The lowest BCUT2D eigenvalue weighted by Gasteiger charge is -2.42. The number of fused-ring (bicyclic) bond motifs is 1. The number of nitrogens with zero attached hydrogens (tertiary/aromatic N) is 1. The third-order valence-electron chi connectivity index (χ3n) is 5.88. The quantitative estimate of drug-likeness (QED) is 0.717. The maximum atomic E-state index is 8.99. The van der Waals surface area contributed by atoms with Crippen molar-refractivity contribution in [2.24, 2.45) is 17.8 Å².